The van der Waals surface area contributed by atoms with Crippen LogP contribution < -0.4 is 10.6 Å². The Labute approximate surface area is 209 Å². The van der Waals surface area contributed by atoms with Crippen molar-refractivity contribution >= 4 is 22.7 Å². The molecule has 0 radical (unpaired) electrons. The van der Waals surface area contributed by atoms with Crippen LogP contribution in [0.3, 0.4) is 0 Å². The van der Waals surface area contributed by atoms with Gasteiger partial charge in [-0.05, 0) is 69.2 Å². The molecule has 0 atom stereocenters. The SMILES string of the molecule is Cc1ccc(Nc2ccccc2)c(C(C)(C)O)c1.Cc1ccc2c(c1)C(C)(C)c1ccccc1N2. The van der Waals surface area contributed by atoms with Gasteiger partial charge in [-0.1, -0.05) is 85.6 Å². The van der Waals surface area contributed by atoms with Gasteiger partial charge in [-0.3, -0.25) is 0 Å². The monoisotopic (exact) mass is 464 g/mol. The van der Waals surface area contributed by atoms with Crippen molar-refractivity contribution < 1.29 is 5.11 Å². The van der Waals surface area contributed by atoms with E-state index in [-0.39, 0.29) is 5.41 Å². The molecule has 1 aliphatic rings. The molecule has 0 saturated heterocycles. The summed E-state index contributed by atoms with van der Waals surface area (Å²) in [6.45, 7) is 12.4. The molecule has 0 saturated carbocycles. The minimum atomic E-state index is -0.858. The number of hydrogen-bond donors (Lipinski definition) is 3. The van der Waals surface area contributed by atoms with Gasteiger partial charge in [0.1, 0.15) is 0 Å². The zero-order valence-corrected chi connectivity index (χ0v) is 21.6. The van der Waals surface area contributed by atoms with E-state index in [0.717, 1.165) is 22.5 Å². The van der Waals surface area contributed by atoms with E-state index < -0.39 is 5.60 Å². The molecule has 0 aromatic heterocycles. The predicted molar refractivity (Wildman–Crippen MR) is 149 cm³/mol. The Hall–Kier alpha value is -3.56. The third-order valence-electron chi connectivity index (χ3n) is 6.61. The smallest absolute Gasteiger partial charge is 0.0860 e. The van der Waals surface area contributed by atoms with E-state index in [4.69, 9.17) is 0 Å². The number of benzene rings is 4. The van der Waals surface area contributed by atoms with Gasteiger partial charge in [-0.2, -0.15) is 0 Å². The number of para-hydroxylation sites is 2. The van der Waals surface area contributed by atoms with E-state index in [1.807, 2.05) is 55.5 Å². The number of rotatable bonds is 3. The molecule has 0 fully saturated rings. The Morgan fingerprint density at radius 2 is 1.31 bits per heavy atom. The van der Waals surface area contributed by atoms with Crippen LogP contribution in [0.15, 0.2) is 91.0 Å². The van der Waals surface area contributed by atoms with Gasteiger partial charge in [-0.15, -0.1) is 0 Å². The van der Waals surface area contributed by atoms with E-state index in [2.05, 4.69) is 73.9 Å². The third kappa shape index (κ3) is 5.41. The molecule has 35 heavy (non-hydrogen) atoms. The summed E-state index contributed by atoms with van der Waals surface area (Å²) in [6.07, 6.45) is 0. The molecule has 1 aliphatic heterocycles. The van der Waals surface area contributed by atoms with Crippen LogP contribution in [0.4, 0.5) is 22.7 Å². The van der Waals surface area contributed by atoms with Gasteiger partial charge in [0.2, 0.25) is 0 Å². The molecule has 0 aliphatic carbocycles. The molecule has 3 nitrogen and oxygen atoms in total. The topological polar surface area (TPSA) is 44.3 Å². The van der Waals surface area contributed by atoms with Crippen molar-refractivity contribution in [3.63, 3.8) is 0 Å². The summed E-state index contributed by atoms with van der Waals surface area (Å²) in [5.41, 5.74) is 9.77. The lowest BCUT2D eigenvalue weighted by Crippen LogP contribution is -2.25. The van der Waals surface area contributed by atoms with Crippen LogP contribution >= 0.6 is 0 Å². The molecule has 4 aromatic carbocycles. The first-order valence-corrected chi connectivity index (χ1v) is 12.2. The second-order valence-electron chi connectivity index (χ2n) is 10.4. The number of aliphatic hydroxyl groups is 1. The average Bonchev–Trinajstić information content (AvgIpc) is 2.81. The van der Waals surface area contributed by atoms with Crippen LogP contribution in [0.2, 0.25) is 0 Å². The maximum Gasteiger partial charge on any atom is 0.0860 e. The molecule has 5 rings (SSSR count). The molecule has 0 unspecified atom stereocenters. The lowest BCUT2D eigenvalue weighted by Gasteiger charge is -2.35. The molecular weight excluding hydrogens is 428 g/mol. The molecular formula is C32H36N2O. The summed E-state index contributed by atoms with van der Waals surface area (Å²) >= 11 is 0. The van der Waals surface area contributed by atoms with Crippen LogP contribution in [0.25, 0.3) is 0 Å². The summed E-state index contributed by atoms with van der Waals surface area (Å²) in [5.74, 6) is 0. The average molecular weight is 465 g/mol. The fraction of sp³-hybridized carbons (Fsp3) is 0.250. The molecule has 1 heterocycles. The quantitative estimate of drug-likeness (QED) is 0.285. The molecule has 4 aromatic rings. The van der Waals surface area contributed by atoms with Crippen molar-refractivity contribution in [1.29, 1.82) is 0 Å². The molecule has 3 heteroatoms. The maximum absolute atomic E-state index is 10.2. The van der Waals surface area contributed by atoms with Crippen molar-refractivity contribution in [2.24, 2.45) is 0 Å². The van der Waals surface area contributed by atoms with Crippen LogP contribution in [0.5, 0.6) is 0 Å². The van der Waals surface area contributed by atoms with Crippen LogP contribution in [-0.4, -0.2) is 5.11 Å². The number of aryl methyl sites for hydroxylation is 2. The van der Waals surface area contributed by atoms with Gasteiger partial charge in [0.15, 0.2) is 0 Å². The van der Waals surface area contributed by atoms with Crippen molar-refractivity contribution in [3.8, 4) is 0 Å². The highest BCUT2D eigenvalue weighted by Crippen LogP contribution is 2.45. The highest BCUT2D eigenvalue weighted by atomic mass is 16.3. The molecule has 0 amide bonds. The number of hydrogen-bond acceptors (Lipinski definition) is 3. The van der Waals surface area contributed by atoms with Gasteiger partial charge in [0.05, 0.1) is 5.60 Å². The van der Waals surface area contributed by atoms with E-state index in [1.165, 1.54) is 28.1 Å². The van der Waals surface area contributed by atoms with Crippen molar-refractivity contribution in [3.05, 3.63) is 119 Å². The predicted octanol–water partition coefficient (Wildman–Crippen LogP) is 8.34. The third-order valence-corrected chi connectivity index (χ3v) is 6.61. The fourth-order valence-electron chi connectivity index (χ4n) is 4.66. The molecule has 3 N–H and O–H groups in total. The van der Waals surface area contributed by atoms with Crippen LogP contribution in [0.1, 0.15) is 55.5 Å². The standard InChI is InChI=1S/C16H19NO.C16H17N/c1-12-9-10-15(14(11-12)16(2,3)18)17-13-7-5-4-6-8-13;1-11-8-9-15-13(10-11)16(2,3)12-6-4-5-7-14(12)17-15/h4-11,17-18H,1-3H3;4-10,17H,1-3H3. The van der Waals surface area contributed by atoms with E-state index >= 15 is 0 Å². The van der Waals surface area contributed by atoms with Crippen LogP contribution in [-0.2, 0) is 11.0 Å². The first-order chi connectivity index (χ1) is 16.6. The minimum Gasteiger partial charge on any atom is -0.386 e. The Morgan fingerprint density at radius 3 is 2.03 bits per heavy atom. The first-order valence-electron chi connectivity index (χ1n) is 12.2. The number of anilines is 4. The Morgan fingerprint density at radius 1 is 0.714 bits per heavy atom. The van der Waals surface area contributed by atoms with Gasteiger partial charge in [0, 0.05) is 33.7 Å². The van der Waals surface area contributed by atoms with Crippen molar-refractivity contribution in [2.45, 2.75) is 52.6 Å². The molecule has 0 spiro atoms. The second-order valence-corrected chi connectivity index (χ2v) is 10.4. The van der Waals surface area contributed by atoms with Crippen LogP contribution in [0, 0.1) is 13.8 Å². The highest BCUT2D eigenvalue weighted by molar-refractivity contribution is 5.75. The summed E-state index contributed by atoms with van der Waals surface area (Å²) in [4.78, 5) is 0. The first kappa shape index (κ1) is 24.6. The zero-order valence-electron chi connectivity index (χ0n) is 21.6. The molecule has 180 valence electrons. The normalized spacial score (nSPS) is 13.5. The van der Waals surface area contributed by atoms with E-state index in [1.54, 1.807) is 13.8 Å². The van der Waals surface area contributed by atoms with E-state index in [9.17, 15) is 5.11 Å². The number of fused-ring (bicyclic) bond motifs is 2. The second kappa shape index (κ2) is 9.59. The van der Waals surface area contributed by atoms with Gasteiger partial charge < -0.3 is 15.7 Å². The summed E-state index contributed by atoms with van der Waals surface area (Å²) < 4.78 is 0. The lowest BCUT2D eigenvalue weighted by molar-refractivity contribution is 0.0793. The van der Waals surface area contributed by atoms with Gasteiger partial charge in [-0.25, -0.2) is 0 Å². The summed E-state index contributed by atoms with van der Waals surface area (Å²) in [7, 11) is 0. The van der Waals surface area contributed by atoms with Crippen molar-refractivity contribution in [1.82, 2.24) is 0 Å². The Bertz CT molecular complexity index is 1320. The summed E-state index contributed by atoms with van der Waals surface area (Å²) in [5, 5.41) is 17.1. The minimum absolute atomic E-state index is 0.0726. The molecule has 0 bridgehead atoms. The summed E-state index contributed by atoms with van der Waals surface area (Å²) in [6, 6.07) is 31.2. The zero-order chi connectivity index (χ0) is 25.2. The lowest BCUT2D eigenvalue weighted by atomic mass is 9.74. The largest absolute Gasteiger partial charge is 0.386 e. The Balaban J connectivity index is 0.000000165. The highest BCUT2D eigenvalue weighted by Gasteiger charge is 2.32. The van der Waals surface area contributed by atoms with E-state index in [0.29, 0.717) is 0 Å². The Kier molecular flexibility index (Phi) is 6.73. The fourth-order valence-corrected chi connectivity index (χ4v) is 4.66. The maximum atomic E-state index is 10.2. The van der Waals surface area contributed by atoms with Crippen molar-refractivity contribution in [2.75, 3.05) is 10.6 Å². The number of nitrogens with one attached hydrogen (secondary N) is 2. The van der Waals surface area contributed by atoms with Gasteiger partial charge >= 0.3 is 0 Å². The van der Waals surface area contributed by atoms with Gasteiger partial charge in [0.25, 0.3) is 0 Å².